The van der Waals surface area contributed by atoms with E-state index in [-0.39, 0.29) is 0 Å². The summed E-state index contributed by atoms with van der Waals surface area (Å²) in [5.41, 5.74) is 6.44. The summed E-state index contributed by atoms with van der Waals surface area (Å²) in [6.45, 7) is 25.6. The summed E-state index contributed by atoms with van der Waals surface area (Å²) in [6.07, 6.45) is 17.4. The van der Waals surface area contributed by atoms with E-state index in [1.165, 1.54) is 88.2 Å². The predicted octanol–water partition coefficient (Wildman–Crippen LogP) is 13.3. The van der Waals surface area contributed by atoms with Crippen LogP contribution in [0.3, 0.4) is 0 Å². The van der Waals surface area contributed by atoms with Crippen molar-refractivity contribution in [1.82, 2.24) is 0 Å². The third-order valence-corrected chi connectivity index (χ3v) is 8.03. The number of hydrogen-bond acceptors (Lipinski definition) is 1. The van der Waals surface area contributed by atoms with Gasteiger partial charge in [-0.1, -0.05) is 156 Å². The first-order valence-corrected chi connectivity index (χ1v) is 17.4. The Balaban J connectivity index is 0.000000811. The Kier molecular flexibility index (Phi) is 22.8. The smallest absolute Gasteiger partial charge is 0.218 e. The first kappa shape index (κ1) is 39.6. The predicted molar refractivity (Wildman–Crippen MR) is 191 cm³/mol. The van der Waals surface area contributed by atoms with Gasteiger partial charge in [-0.05, 0) is 73.8 Å². The number of nitrogens with zero attached hydrogens (tertiary/aromatic N) is 1. The normalized spacial score (nSPS) is 14.8. The zero-order valence-corrected chi connectivity index (χ0v) is 29.4. The molecular formula is C40H67NO. The fourth-order valence-corrected chi connectivity index (χ4v) is 5.63. The van der Waals surface area contributed by atoms with Crippen molar-refractivity contribution in [1.29, 1.82) is 0 Å². The summed E-state index contributed by atoms with van der Waals surface area (Å²) < 4.78 is 0. The van der Waals surface area contributed by atoms with Crippen molar-refractivity contribution in [3.8, 4) is 0 Å². The van der Waals surface area contributed by atoms with Gasteiger partial charge in [-0.25, -0.2) is 0 Å². The van der Waals surface area contributed by atoms with Crippen LogP contribution < -0.4 is 4.90 Å². The molecule has 0 heterocycles. The molecule has 2 fully saturated rings. The molecule has 2 aromatic rings. The van der Waals surface area contributed by atoms with E-state index in [2.05, 4.69) is 66.3 Å². The Morgan fingerprint density at radius 2 is 1.33 bits per heavy atom. The Morgan fingerprint density at radius 1 is 0.833 bits per heavy atom. The summed E-state index contributed by atoms with van der Waals surface area (Å²) in [7, 11) is 0. The standard InChI is InChI=1S/C23H27NO.C7H14.C6H14.2C2H6/c1-17-9-12-21(13-10-17)24(16-25)23-15-18(2)11-14-22(23)19(3)20-7-5-4-6-8-20;1-7-5-3-2-4-6-7;1-4-5-6(2)3;2*1-2/h9-16,20H,3-8H2,1-2H3;7H,2-6H2,1H3;6H,4-5H2,1-3H3;2*1-2H3. The van der Waals surface area contributed by atoms with Crippen LogP contribution in [0.2, 0.25) is 0 Å². The molecule has 0 spiro atoms. The molecule has 0 unspecified atom stereocenters. The Hall–Kier alpha value is -2.35. The molecule has 0 aromatic heterocycles. The van der Waals surface area contributed by atoms with Crippen LogP contribution in [0.1, 0.15) is 149 Å². The van der Waals surface area contributed by atoms with Crippen molar-refractivity contribution in [3.63, 3.8) is 0 Å². The molecule has 0 aliphatic heterocycles. The first-order chi connectivity index (χ1) is 20.3. The molecule has 1 amide bonds. The van der Waals surface area contributed by atoms with Gasteiger partial charge in [-0.15, -0.1) is 0 Å². The van der Waals surface area contributed by atoms with E-state index in [0.717, 1.165) is 40.7 Å². The zero-order chi connectivity index (χ0) is 31.9. The zero-order valence-electron chi connectivity index (χ0n) is 29.4. The molecule has 42 heavy (non-hydrogen) atoms. The number of amides is 1. The number of carbonyl (C=O) groups excluding carboxylic acids is 1. The molecule has 4 rings (SSSR count). The van der Waals surface area contributed by atoms with E-state index < -0.39 is 0 Å². The summed E-state index contributed by atoms with van der Waals surface area (Å²) in [6, 6.07) is 14.4. The second-order valence-corrected chi connectivity index (χ2v) is 12.1. The molecule has 0 radical (unpaired) electrons. The van der Waals surface area contributed by atoms with Crippen molar-refractivity contribution in [2.24, 2.45) is 17.8 Å². The van der Waals surface area contributed by atoms with Crippen molar-refractivity contribution in [2.45, 2.75) is 146 Å². The van der Waals surface area contributed by atoms with Crippen LogP contribution >= 0.6 is 0 Å². The second kappa shape index (κ2) is 24.1. The molecular weight excluding hydrogens is 510 g/mol. The monoisotopic (exact) mass is 578 g/mol. The lowest BCUT2D eigenvalue weighted by Gasteiger charge is -2.28. The fraction of sp³-hybridized carbons (Fsp3) is 0.625. The minimum Gasteiger partial charge on any atom is -0.283 e. The number of allylic oxidation sites excluding steroid dienone is 1. The van der Waals surface area contributed by atoms with E-state index in [1.54, 1.807) is 4.90 Å². The summed E-state index contributed by atoms with van der Waals surface area (Å²) in [5, 5.41) is 0. The van der Waals surface area contributed by atoms with Gasteiger partial charge in [0, 0.05) is 11.3 Å². The molecule has 2 aliphatic rings. The third kappa shape index (κ3) is 15.2. The van der Waals surface area contributed by atoms with Crippen LogP contribution in [0.5, 0.6) is 0 Å². The van der Waals surface area contributed by atoms with E-state index in [0.29, 0.717) is 5.92 Å². The molecule has 2 nitrogen and oxygen atoms in total. The van der Waals surface area contributed by atoms with Crippen molar-refractivity contribution >= 4 is 23.4 Å². The lowest BCUT2D eigenvalue weighted by molar-refractivity contribution is -0.106. The third-order valence-electron chi connectivity index (χ3n) is 8.03. The molecule has 2 saturated carbocycles. The van der Waals surface area contributed by atoms with Gasteiger partial charge in [0.05, 0.1) is 5.69 Å². The van der Waals surface area contributed by atoms with E-state index in [1.807, 2.05) is 52.0 Å². The van der Waals surface area contributed by atoms with Crippen LogP contribution in [-0.2, 0) is 4.79 Å². The maximum atomic E-state index is 11.9. The summed E-state index contributed by atoms with van der Waals surface area (Å²) >= 11 is 0. The lowest BCUT2D eigenvalue weighted by Crippen LogP contribution is -2.17. The van der Waals surface area contributed by atoms with Gasteiger partial charge in [0.2, 0.25) is 6.41 Å². The molecule has 0 saturated heterocycles. The fourth-order valence-electron chi connectivity index (χ4n) is 5.63. The van der Waals surface area contributed by atoms with E-state index >= 15 is 0 Å². The molecule has 2 aromatic carbocycles. The average molecular weight is 578 g/mol. The quantitative estimate of drug-likeness (QED) is 0.300. The molecule has 0 atom stereocenters. The van der Waals surface area contributed by atoms with Crippen LogP contribution in [0.25, 0.3) is 5.57 Å². The minimum atomic E-state index is 0.529. The highest BCUT2D eigenvalue weighted by Gasteiger charge is 2.22. The largest absolute Gasteiger partial charge is 0.283 e. The SMILES string of the molecule is C=C(c1ccc(C)cc1N(C=O)c1ccc(C)cc1)C1CCCCC1.CC.CC.CC1CCCCC1.CCCC(C)C. The van der Waals surface area contributed by atoms with Crippen molar-refractivity contribution in [2.75, 3.05) is 4.90 Å². The summed E-state index contributed by atoms with van der Waals surface area (Å²) in [4.78, 5) is 13.7. The van der Waals surface area contributed by atoms with Gasteiger partial charge >= 0.3 is 0 Å². The first-order valence-electron chi connectivity index (χ1n) is 17.4. The molecule has 2 heteroatoms. The Labute approximate surface area is 262 Å². The van der Waals surface area contributed by atoms with Crippen LogP contribution in [0.15, 0.2) is 49.0 Å². The topological polar surface area (TPSA) is 20.3 Å². The van der Waals surface area contributed by atoms with Crippen molar-refractivity contribution in [3.05, 3.63) is 65.7 Å². The lowest BCUT2D eigenvalue weighted by atomic mass is 9.81. The van der Waals surface area contributed by atoms with Gasteiger partial charge in [0.15, 0.2) is 0 Å². The van der Waals surface area contributed by atoms with E-state index in [4.69, 9.17) is 0 Å². The highest BCUT2D eigenvalue weighted by Crippen LogP contribution is 2.39. The van der Waals surface area contributed by atoms with Gasteiger partial charge in [-0.2, -0.15) is 0 Å². The molecule has 0 N–H and O–H groups in total. The van der Waals surface area contributed by atoms with Gasteiger partial charge in [0.25, 0.3) is 0 Å². The number of hydrogen-bond donors (Lipinski definition) is 0. The highest BCUT2D eigenvalue weighted by atomic mass is 16.1. The number of benzene rings is 2. The van der Waals surface area contributed by atoms with Crippen molar-refractivity contribution < 1.29 is 4.79 Å². The number of rotatable bonds is 7. The second-order valence-electron chi connectivity index (χ2n) is 12.1. The van der Waals surface area contributed by atoms with Gasteiger partial charge < -0.3 is 0 Å². The Morgan fingerprint density at radius 3 is 1.74 bits per heavy atom. The maximum Gasteiger partial charge on any atom is 0.218 e. The van der Waals surface area contributed by atoms with E-state index in [9.17, 15) is 4.79 Å². The Bertz CT molecular complexity index is 946. The average Bonchev–Trinajstić information content (AvgIpc) is 3.02. The molecule has 238 valence electrons. The van der Waals surface area contributed by atoms with Crippen LogP contribution in [-0.4, -0.2) is 6.41 Å². The number of carbonyl (C=O) groups is 1. The van der Waals surface area contributed by atoms with Gasteiger partial charge in [0.1, 0.15) is 0 Å². The minimum absolute atomic E-state index is 0.529. The molecule has 0 bridgehead atoms. The van der Waals surface area contributed by atoms with Crippen LogP contribution in [0, 0.1) is 31.6 Å². The summed E-state index contributed by atoms with van der Waals surface area (Å²) in [5.74, 6) is 2.46. The van der Waals surface area contributed by atoms with Crippen LogP contribution in [0.4, 0.5) is 11.4 Å². The molecule has 2 aliphatic carbocycles. The van der Waals surface area contributed by atoms with Gasteiger partial charge in [-0.3, -0.25) is 9.69 Å². The highest BCUT2D eigenvalue weighted by molar-refractivity contribution is 5.92. The number of anilines is 2. The number of aryl methyl sites for hydroxylation is 2. The maximum absolute atomic E-state index is 11.9.